The van der Waals surface area contributed by atoms with Crippen LogP contribution in [0.3, 0.4) is 0 Å². The summed E-state index contributed by atoms with van der Waals surface area (Å²) in [6, 6.07) is 15.4. The van der Waals surface area contributed by atoms with Gasteiger partial charge in [-0.2, -0.15) is 5.10 Å². The van der Waals surface area contributed by atoms with Crippen molar-refractivity contribution in [3.63, 3.8) is 0 Å². The largest absolute Gasteiger partial charge is 0.493 e. The van der Waals surface area contributed by atoms with Gasteiger partial charge in [-0.1, -0.05) is 23.8 Å². The zero-order valence-electron chi connectivity index (χ0n) is 22.9. The van der Waals surface area contributed by atoms with E-state index in [0.717, 1.165) is 11.1 Å². The van der Waals surface area contributed by atoms with Gasteiger partial charge in [-0.3, -0.25) is 14.4 Å². The summed E-state index contributed by atoms with van der Waals surface area (Å²) in [6.45, 7) is 5.23. The predicted molar refractivity (Wildman–Crippen MR) is 146 cm³/mol. The molecule has 0 radical (unpaired) electrons. The molecule has 0 bridgehead atoms. The van der Waals surface area contributed by atoms with E-state index in [1.54, 1.807) is 18.2 Å². The van der Waals surface area contributed by atoms with Crippen LogP contribution in [0, 0.1) is 6.92 Å². The van der Waals surface area contributed by atoms with Crippen molar-refractivity contribution in [1.29, 1.82) is 0 Å². The van der Waals surface area contributed by atoms with Crippen LogP contribution in [0.5, 0.6) is 17.2 Å². The van der Waals surface area contributed by atoms with Crippen molar-refractivity contribution in [3.8, 4) is 17.2 Å². The summed E-state index contributed by atoms with van der Waals surface area (Å²) >= 11 is 0. The molecule has 0 unspecified atom stereocenters. The predicted octanol–water partition coefficient (Wildman–Crippen LogP) is 2.38. The Morgan fingerprint density at radius 1 is 1.05 bits per heavy atom. The third kappa shape index (κ3) is 8.19. The van der Waals surface area contributed by atoms with Gasteiger partial charge in [0.15, 0.2) is 11.5 Å². The Morgan fingerprint density at radius 2 is 1.87 bits per heavy atom. The van der Waals surface area contributed by atoms with Crippen LogP contribution >= 0.6 is 0 Å². The van der Waals surface area contributed by atoms with Gasteiger partial charge in [0.1, 0.15) is 31.2 Å². The summed E-state index contributed by atoms with van der Waals surface area (Å²) in [5, 5.41) is 15.9. The number of aromatic nitrogens is 2. The molecule has 1 aliphatic rings. The number of aryl methyl sites for hydroxylation is 1. The SMILES string of the molecule is COCC(=O)N1CCN(Cc2ccc(OCCn3cccn3)c(OC)c2)C[C@@](O)(COc2ccc(C)cc2)C1. The minimum absolute atomic E-state index is 0.0338. The van der Waals surface area contributed by atoms with Gasteiger partial charge >= 0.3 is 0 Å². The van der Waals surface area contributed by atoms with Gasteiger partial charge in [0.05, 0.1) is 20.2 Å². The summed E-state index contributed by atoms with van der Waals surface area (Å²) in [7, 11) is 3.11. The lowest BCUT2D eigenvalue weighted by molar-refractivity contribution is -0.138. The average Bonchev–Trinajstić information content (AvgIpc) is 3.39. The number of amides is 1. The maximum Gasteiger partial charge on any atom is 0.248 e. The van der Waals surface area contributed by atoms with Crippen LogP contribution in [-0.2, 0) is 22.6 Å². The normalized spacial score (nSPS) is 18.0. The van der Waals surface area contributed by atoms with Crippen LogP contribution in [0.15, 0.2) is 60.9 Å². The zero-order valence-corrected chi connectivity index (χ0v) is 22.9. The fraction of sp³-hybridized carbons (Fsp3) is 0.448. The molecule has 1 fully saturated rings. The first kappa shape index (κ1) is 28.4. The molecule has 1 saturated heterocycles. The Kier molecular flexibility index (Phi) is 9.80. The molecule has 1 N–H and O–H groups in total. The molecule has 0 saturated carbocycles. The monoisotopic (exact) mass is 538 g/mol. The van der Waals surface area contributed by atoms with Crippen LogP contribution in [0.4, 0.5) is 0 Å². The Hall–Kier alpha value is -3.60. The first-order valence-corrected chi connectivity index (χ1v) is 13.1. The van der Waals surface area contributed by atoms with Crippen molar-refractivity contribution in [2.45, 2.75) is 25.6 Å². The van der Waals surface area contributed by atoms with Crippen LogP contribution < -0.4 is 14.2 Å². The molecule has 0 aliphatic carbocycles. The molecule has 1 atom stereocenters. The molecule has 210 valence electrons. The highest BCUT2D eigenvalue weighted by molar-refractivity contribution is 5.77. The van der Waals surface area contributed by atoms with Crippen molar-refractivity contribution >= 4 is 5.91 Å². The van der Waals surface area contributed by atoms with Gasteiger partial charge in [0.2, 0.25) is 5.91 Å². The second-order valence-electron chi connectivity index (χ2n) is 9.89. The minimum Gasteiger partial charge on any atom is -0.493 e. The first-order valence-electron chi connectivity index (χ1n) is 13.1. The second kappa shape index (κ2) is 13.5. The number of nitrogens with zero attached hydrogens (tertiary/aromatic N) is 4. The Morgan fingerprint density at radius 3 is 2.59 bits per heavy atom. The molecule has 2 heterocycles. The summed E-state index contributed by atoms with van der Waals surface area (Å²) in [5.74, 6) is 1.81. The first-order chi connectivity index (χ1) is 18.9. The maximum absolute atomic E-state index is 12.7. The lowest BCUT2D eigenvalue weighted by Gasteiger charge is -2.33. The van der Waals surface area contributed by atoms with E-state index < -0.39 is 5.60 Å². The third-order valence-electron chi connectivity index (χ3n) is 6.61. The van der Waals surface area contributed by atoms with E-state index in [0.29, 0.717) is 56.6 Å². The molecule has 4 rings (SSSR count). The molecule has 10 nitrogen and oxygen atoms in total. The van der Waals surface area contributed by atoms with Gasteiger partial charge in [-0.25, -0.2) is 0 Å². The lowest BCUT2D eigenvalue weighted by atomic mass is 10.0. The maximum atomic E-state index is 12.7. The lowest BCUT2D eigenvalue weighted by Crippen LogP contribution is -2.52. The number of hydrogen-bond acceptors (Lipinski definition) is 8. The van der Waals surface area contributed by atoms with E-state index >= 15 is 0 Å². The number of benzene rings is 2. The molecule has 2 aromatic carbocycles. The molecule has 0 spiro atoms. The van der Waals surface area contributed by atoms with E-state index in [1.807, 2.05) is 66.3 Å². The highest BCUT2D eigenvalue weighted by atomic mass is 16.5. The summed E-state index contributed by atoms with van der Waals surface area (Å²) in [5.41, 5.74) is 0.859. The number of methoxy groups -OCH3 is 2. The van der Waals surface area contributed by atoms with E-state index in [9.17, 15) is 9.90 Å². The number of hydrogen-bond donors (Lipinski definition) is 1. The molecule has 39 heavy (non-hydrogen) atoms. The van der Waals surface area contributed by atoms with Gasteiger partial charge in [-0.15, -0.1) is 0 Å². The molecule has 1 aromatic heterocycles. The number of β-amino-alcohol motifs (C(OH)–C–C–N with tert-alkyl or cyclic N) is 1. The molecule has 10 heteroatoms. The number of aliphatic hydroxyl groups is 1. The van der Waals surface area contributed by atoms with E-state index in [2.05, 4.69) is 10.00 Å². The quantitative estimate of drug-likeness (QED) is 0.375. The van der Waals surface area contributed by atoms with E-state index in [-0.39, 0.29) is 25.7 Å². The summed E-state index contributed by atoms with van der Waals surface area (Å²) < 4.78 is 24.4. The highest BCUT2D eigenvalue weighted by Gasteiger charge is 2.37. The number of carbonyl (C=O) groups is 1. The van der Waals surface area contributed by atoms with Crippen molar-refractivity contribution < 1.29 is 28.8 Å². The molecular weight excluding hydrogens is 500 g/mol. The van der Waals surface area contributed by atoms with Gasteiger partial charge < -0.3 is 29.0 Å². The number of rotatable bonds is 12. The topological polar surface area (TPSA) is 98.5 Å². The molecule has 1 aliphatic heterocycles. The van der Waals surface area contributed by atoms with Crippen molar-refractivity contribution in [2.24, 2.45) is 0 Å². The number of carbonyl (C=O) groups excluding carboxylic acids is 1. The van der Waals surface area contributed by atoms with Gasteiger partial charge in [0.25, 0.3) is 0 Å². The van der Waals surface area contributed by atoms with E-state index in [4.69, 9.17) is 18.9 Å². The smallest absolute Gasteiger partial charge is 0.248 e. The van der Waals surface area contributed by atoms with Crippen molar-refractivity contribution in [2.75, 3.05) is 60.2 Å². The number of ether oxygens (including phenoxy) is 4. The summed E-state index contributed by atoms with van der Waals surface area (Å²) in [6.07, 6.45) is 3.63. The Labute approximate surface area is 229 Å². The average molecular weight is 539 g/mol. The molecule has 3 aromatic rings. The fourth-order valence-electron chi connectivity index (χ4n) is 4.62. The van der Waals surface area contributed by atoms with Crippen LogP contribution in [-0.4, -0.2) is 96.4 Å². The van der Waals surface area contributed by atoms with E-state index in [1.165, 1.54) is 7.11 Å². The molecular formula is C29H38N4O6. The zero-order chi connectivity index (χ0) is 27.7. The standard InChI is InChI=1S/C29H38N4O6/c1-23-5-8-25(9-6-23)39-22-29(35)20-31(13-14-32(21-29)28(34)19-36-2)18-24-7-10-26(27(17-24)37-3)38-16-15-33-12-4-11-30-33/h4-12,17,35H,13-16,18-22H2,1-3H3/t29-/m0/s1. The minimum atomic E-state index is -1.27. The molecule has 1 amide bonds. The van der Waals surface area contributed by atoms with Gasteiger partial charge in [0, 0.05) is 45.7 Å². The third-order valence-corrected chi connectivity index (χ3v) is 6.61. The Bertz CT molecular complexity index is 1190. The highest BCUT2D eigenvalue weighted by Crippen LogP contribution is 2.29. The second-order valence-corrected chi connectivity index (χ2v) is 9.89. The van der Waals surface area contributed by atoms with Crippen molar-refractivity contribution in [1.82, 2.24) is 19.6 Å². The fourth-order valence-corrected chi connectivity index (χ4v) is 4.62. The van der Waals surface area contributed by atoms with Gasteiger partial charge in [-0.05, 0) is 42.8 Å². The van der Waals surface area contributed by atoms with Crippen molar-refractivity contribution in [3.05, 3.63) is 72.1 Å². The Balaban J connectivity index is 1.44. The van der Waals surface area contributed by atoms with Crippen LogP contribution in [0.25, 0.3) is 0 Å². The van der Waals surface area contributed by atoms with Crippen LogP contribution in [0.1, 0.15) is 11.1 Å². The summed E-state index contributed by atoms with van der Waals surface area (Å²) in [4.78, 5) is 16.5. The van der Waals surface area contributed by atoms with Crippen LogP contribution in [0.2, 0.25) is 0 Å².